The van der Waals surface area contributed by atoms with Crippen LogP contribution in [0.25, 0.3) is 0 Å². The van der Waals surface area contributed by atoms with Crippen molar-refractivity contribution in [2.75, 3.05) is 26.2 Å². The number of amides is 1. The molecule has 0 aliphatic carbocycles. The highest BCUT2D eigenvalue weighted by Crippen LogP contribution is 2.23. The summed E-state index contributed by atoms with van der Waals surface area (Å²) in [6.07, 6.45) is 1.44. The molecule has 1 heterocycles. The van der Waals surface area contributed by atoms with E-state index in [1.165, 1.54) is 4.31 Å². The predicted octanol–water partition coefficient (Wildman–Crippen LogP) is 2.29. The third-order valence-electron chi connectivity index (χ3n) is 5.07. The maximum atomic E-state index is 12.8. The monoisotopic (exact) mass is 396 g/mol. The van der Waals surface area contributed by atoms with Crippen LogP contribution in [0.1, 0.15) is 51.0 Å². The molecular formula is C19H28N2O5S. The van der Waals surface area contributed by atoms with Crippen molar-refractivity contribution >= 4 is 21.9 Å². The summed E-state index contributed by atoms with van der Waals surface area (Å²) in [6.45, 7) is 5.36. The van der Waals surface area contributed by atoms with Gasteiger partial charge >= 0.3 is 5.97 Å². The van der Waals surface area contributed by atoms with Crippen LogP contribution in [0.2, 0.25) is 0 Å². The van der Waals surface area contributed by atoms with Gasteiger partial charge in [0.05, 0.1) is 4.90 Å². The second-order valence-corrected chi connectivity index (χ2v) is 8.85. The van der Waals surface area contributed by atoms with Gasteiger partial charge in [-0.1, -0.05) is 26.0 Å². The second-order valence-electron chi connectivity index (χ2n) is 6.91. The number of carbonyl (C=O) groups is 2. The summed E-state index contributed by atoms with van der Waals surface area (Å²) in [6, 6.07) is 7.03. The van der Waals surface area contributed by atoms with Gasteiger partial charge in [-0.15, -0.1) is 0 Å². The molecule has 0 radical (unpaired) electrons. The van der Waals surface area contributed by atoms with Gasteiger partial charge in [0, 0.05) is 39.0 Å². The molecule has 1 saturated heterocycles. The summed E-state index contributed by atoms with van der Waals surface area (Å²) >= 11 is 0. The number of piperazine rings is 1. The van der Waals surface area contributed by atoms with Gasteiger partial charge in [-0.25, -0.2) is 8.42 Å². The van der Waals surface area contributed by atoms with Crippen molar-refractivity contribution in [3.05, 3.63) is 29.8 Å². The summed E-state index contributed by atoms with van der Waals surface area (Å²) in [5, 5.41) is 8.63. The van der Waals surface area contributed by atoms with Crippen LogP contribution in [0, 0.1) is 0 Å². The lowest BCUT2D eigenvalue weighted by atomic mass is 9.99. The van der Waals surface area contributed by atoms with Crippen molar-refractivity contribution < 1.29 is 23.1 Å². The minimum Gasteiger partial charge on any atom is -0.481 e. The fourth-order valence-electron chi connectivity index (χ4n) is 3.08. The minimum atomic E-state index is -3.57. The third kappa shape index (κ3) is 5.52. The zero-order valence-electron chi connectivity index (χ0n) is 15.9. The number of benzene rings is 1. The van der Waals surface area contributed by atoms with Gasteiger partial charge in [0.15, 0.2) is 0 Å². The first-order valence-corrected chi connectivity index (χ1v) is 10.8. The molecule has 1 aliphatic heterocycles. The molecular weight excluding hydrogens is 368 g/mol. The van der Waals surface area contributed by atoms with Crippen molar-refractivity contribution in [3.63, 3.8) is 0 Å². The Hall–Kier alpha value is -1.93. The van der Waals surface area contributed by atoms with Crippen molar-refractivity contribution in [1.82, 2.24) is 9.21 Å². The molecule has 0 spiro atoms. The number of sulfonamides is 1. The molecule has 0 aromatic heterocycles. The maximum Gasteiger partial charge on any atom is 0.303 e. The lowest BCUT2D eigenvalue weighted by Crippen LogP contribution is -2.50. The van der Waals surface area contributed by atoms with E-state index in [1.54, 1.807) is 17.0 Å². The molecule has 2 rings (SSSR count). The van der Waals surface area contributed by atoms with E-state index in [9.17, 15) is 18.0 Å². The smallest absolute Gasteiger partial charge is 0.303 e. The van der Waals surface area contributed by atoms with Crippen molar-refractivity contribution in [2.24, 2.45) is 0 Å². The Bertz CT molecular complexity index is 753. The molecule has 0 unspecified atom stereocenters. The Labute approximate surface area is 161 Å². The van der Waals surface area contributed by atoms with Crippen LogP contribution in [0.3, 0.4) is 0 Å². The van der Waals surface area contributed by atoms with E-state index in [1.807, 2.05) is 12.1 Å². The Balaban J connectivity index is 1.94. The molecule has 1 atom stereocenters. The SMILES string of the molecule is CC[C@H](C)c1ccc(S(=O)(=O)N2CCN(C(=O)CCCC(=O)O)CC2)cc1. The summed E-state index contributed by atoms with van der Waals surface area (Å²) < 4.78 is 27.0. The van der Waals surface area contributed by atoms with E-state index < -0.39 is 16.0 Å². The van der Waals surface area contributed by atoms with Crippen molar-refractivity contribution in [1.29, 1.82) is 0 Å². The molecule has 0 saturated carbocycles. The first-order chi connectivity index (χ1) is 12.8. The highest BCUT2D eigenvalue weighted by Gasteiger charge is 2.30. The molecule has 1 amide bonds. The second kappa shape index (κ2) is 9.32. The average Bonchev–Trinajstić information content (AvgIpc) is 2.67. The molecule has 7 nitrogen and oxygen atoms in total. The van der Waals surface area contributed by atoms with Gasteiger partial charge in [-0.3, -0.25) is 9.59 Å². The van der Waals surface area contributed by atoms with E-state index in [2.05, 4.69) is 13.8 Å². The Morgan fingerprint density at radius 1 is 1.07 bits per heavy atom. The molecule has 27 heavy (non-hydrogen) atoms. The van der Waals surface area contributed by atoms with Crippen LogP contribution in [0.4, 0.5) is 0 Å². The van der Waals surface area contributed by atoms with Crippen LogP contribution < -0.4 is 0 Å². The predicted molar refractivity (Wildman–Crippen MR) is 102 cm³/mol. The quantitative estimate of drug-likeness (QED) is 0.727. The summed E-state index contributed by atoms with van der Waals surface area (Å²) in [5.74, 6) is -0.651. The van der Waals surface area contributed by atoms with Crippen molar-refractivity contribution in [2.45, 2.75) is 50.3 Å². The van der Waals surface area contributed by atoms with Gasteiger partial charge in [-0.05, 0) is 36.5 Å². The van der Waals surface area contributed by atoms with Crippen LogP contribution in [0.5, 0.6) is 0 Å². The first kappa shape index (κ1) is 21.4. The number of hydrogen-bond donors (Lipinski definition) is 1. The Morgan fingerprint density at radius 3 is 2.19 bits per heavy atom. The Morgan fingerprint density at radius 2 is 1.67 bits per heavy atom. The number of hydrogen-bond acceptors (Lipinski definition) is 4. The molecule has 1 aromatic carbocycles. The number of carboxylic acids is 1. The van der Waals surface area contributed by atoms with E-state index in [0.29, 0.717) is 25.4 Å². The van der Waals surface area contributed by atoms with Crippen LogP contribution in [-0.4, -0.2) is 60.8 Å². The maximum absolute atomic E-state index is 12.8. The van der Waals surface area contributed by atoms with Crippen molar-refractivity contribution in [3.8, 4) is 0 Å². The Kier molecular flexibility index (Phi) is 7.38. The fourth-order valence-corrected chi connectivity index (χ4v) is 4.50. The number of rotatable bonds is 8. The number of nitrogens with zero attached hydrogens (tertiary/aromatic N) is 2. The van der Waals surface area contributed by atoms with Gasteiger partial charge in [0.1, 0.15) is 0 Å². The number of carboxylic acid groups (broad SMARTS) is 1. The molecule has 0 bridgehead atoms. The number of carbonyl (C=O) groups excluding carboxylic acids is 1. The average molecular weight is 397 g/mol. The minimum absolute atomic E-state index is 0.0350. The molecule has 8 heteroatoms. The van der Waals surface area contributed by atoms with E-state index in [4.69, 9.17) is 5.11 Å². The van der Waals surface area contributed by atoms with Crippen LogP contribution in [0.15, 0.2) is 29.2 Å². The molecule has 150 valence electrons. The largest absolute Gasteiger partial charge is 0.481 e. The third-order valence-corrected chi connectivity index (χ3v) is 6.98. The zero-order chi connectivity index (χ0) is 20.0. The summed E-state index contributed by atoms with van der Waals surface area (Å²) in [4.78, 5) is 24.5. The van der Waals surface area contributed by atoms with Crippen LogP contribution in [-0.2, 0) is 19.6 Å². The van der Waals surface area contributed by atoms with E-state index in [0.717, 1.165) is 12.0 Å². The van der Waals surface area contributed by atoms with Gasteiger partial charge < -0.3 is 10.0 Å². The molecule has 1 fully saturated rings. The summed E-state index contributed by atoms with van der Waals surface area (Å²) in [7, 11) is -3.57. The summed E-state index contributed by atoms with van der Waals surface area (Å²) in [5.41, 5.74) is 1.12. The zero-order valence-corrected chi connectivity index (χ0v) is 16.7. The number of aliphatic carboxylic acids is 1. The highest BCUT2D eigenvalue weighted by molar-refractivity contribution is 7.89. The van der Waals surface area contributed by atoms with Gasteiger partial charge in [-0.2, -0.15) is 4.31 Å². The molecule has 1 N–H and O–H groups in total. The van der Waals surface area contributed by atoms with Gasteiger partial charge in [0.2, 0.25) is 15.9 Å². The first-order valence-electron chi connectivity index (χ1n) is 9.35. The standard InChI is InChI=1S/C19H28N2O5S/c1-3-15(2)16-7-9-17(10-8-16)27(25,26)21-13-11-20(12-14-21)18(22)5-4-6-19(23)24/h7-10,15H,3-6,11-14H2,1-2H3,(H,23,24)/t15-/m0/s1. The highest BCUT2D eigenvalue weighted by atomic mass is 32.2. The van der Waals surface area contributed by atoms with Crippen LogP contribution >= 0.6 is 0 Å². The lowest BCUT2D eigenvalue weighted by Gasteiger charge is -2.34. The molecule has 1 aliphatic rings. The van der Waals surface area contributed by atoms with E-state index in [-0.39, 0.29) is 36.7 Å². The normalized spacial score (nSPS) is 16.9. The lowest BCUT2D eigenvalue weighted by molar-refractivity contribution is -0.137. The van der Waals surface area contributed by atoms with Gasteiger partial charge in [0.25, 0.3) is 0 Å². The van der Waals surface area contributed by atoms with E-state index >= 15 is 0 Å². The fraction of sp³-hybridized carbons (Fsp3) is 0.579. The topological polar surface area (TPSA) is 95.0 Å². The molecule has 1 aromatic rings.